The van der Waals surface area contributed by atoms with Crippen LogP contribution in [0.4, 0.5) is 0 Å². The van der Waals surface area contributed by atoms with Crippen LogP contribution in [-0.2, 0) is 0 Å². The number of aromatic nitrogens is 3. The van der Waals surface area contributed by atoms with Gasteiger partial charge >= 0.3 is 0 Å². The molecule has 0 atom stereocenters. The summed E-state index contributed by atoms with van der Waals surface area (Å²) in [6, 6.07) is 1.63. The summed E-state index contributed by atoms with van der Waals surface area (Å²) in [5, 5.41) is 4.36. The van der Waals surface area contributed by atoms with E-state index < -0.39 is 7.04 Å². The van der Waals surface area contributed by atoms with Gasteiger partial charge in [0, 0.05) is 24.4 Å². The number of methoxy groups -OCH3 is 1. The number of ether oxygens (including phenoxy) is 1. The summed E-state index contributed by atoms with van der Waals surface area (Å²) in [4.78, 5) is 4.07. The van der Waals surface area contributed by atoms with Crippen LogP contribution >= 0.6 is 0 Å². The SMILES string of the molecule is [2H]C([2H])([2H])Oc1cc2nccn2nc1C1CC1. The van der Waals surface area contributed by atoms with E-state index in [1.54, 1.807) is 23.0 Å². The molecule has 0 amide bonds. The minimum Gasteiger partial charge on any atom is -0.495 e. The van der Waals surface area contributed by atoms with Gasteiger partial charge in [-0.05, 0) is 12.8 Å². The highest BCUT2D eigenvalue weighted by Gasteiger charge is 2.29. The minimum absolute atomic E-state index is 0.319. The minimum atomic E-state index is -2.45. The van der Waals surface area contributed by atoms with E-state index in [4.69, 9.17) is 8.85 Å². The Morgan fingerprint density at radius 3 is 3.36 bits per heavy atom. The van der Waals surface area contributed by atoms with E-state index in [0.717, 1.165) is 12.8 Å². The van der Waals surface area contributed by atoms with Gasteiger partial charge in [-0.2, -0.15) is 5.10 Å². The zero-order valence-electron chi connectivity index (χ0n) is 10.5. The van der Waals surface area contributed by atoms with Crippen LogP contribution in [0.15, 0.2) is 18.5 Å². The molecule has 0 saturated heterocycles. The van der Waals surface area contributed by atoms with Crippen LogP contribution in [0.2, 0.25) is 0 Å². The molecule has 14 heavy (non-hydrogen) atoms. The van der Waals surface area contributed by atoms with E-state index in [9.17, 15) is 0 Å². The number of nitrogens with zero attached hydrogens (tertiary/aromatic N) is 3. The molecule has 0 N–H and O–H groups in total. The monoisotopic (exact) mass is 192 g/mol. The highest BCUT2D eigenvalue weighted by molar-refractivity contribution is 5.46. The van der Waals surface area contributed by atoms with Crippen LogP contribution < -0.4 is 4.74 Å². The lowest BCUT2D eigenvalue weighted by Gasteiger charge is -2.06. The molecule has 2 aromatic rings. The topological polar surface area (TPSA) is 39.4 Å². The number of fused-ring (bicyclic) bond motifs is 1. The van der Waals surface area contributed by atoms with Crippen LogP contribution in [0, 0.1) is 0 Å². The average Bonchev–Trinajstić information content (AvgIpc) is 2.95. The number of hydrogen-bond donors (Lipinski definition) is 0. The van der Waals surface area contributed by atoms with Crippen molar-refractivity contribution in [1.82, 2.24) is 14.6 Å². The second kappa shape index (κ2) is 2.70. The van der Waals surface area contributed by atoms with Gasteiger partial charge in [-0.1, -0.05) is 0 Å². The Kier molecular flexibility index (Phi) is 1.03. The third kappa shape index (κ3) is 1.07. The summed E-state index contributed by atoms with van der Waals surface area (Å²) in [7, 11) is -2.45. The Bertz CT molecular complexity index is 559. The van der Waals surface area contributed by atoms with Crippen LogP contribution in [-0.4, -0.2) is 21.6 Å². The predicted octanol–water partition coefficient (Wildman–Crippen LogP) is 1.62. The van der Waals surface area contributed by atoms with E-state index in [1.807, 2.05) is 0 Å². The first-order chi connectivity index (χ1) is 8.03. The van der Waals surface area contributed by atoms with Gasteiger partial charge in [0.15, 0.2) is 5.65 Å². The van der Waals surface area contributed by atoms with E-state index in [1.165, 1.54) is 0 Å². The zero-order valence-corrected chi connectivity index (χ0v) is 7.47. The van der Waals surface area contributed by atoms with Crippen molar-refractivity contribution in [2.45, 2.75) is 18.8 Å². The van der Waals surface area contributed by atoms with Crippen molar-refractivity contribution >= 4 is 5.65 Å². The molecule has 1 aliphatic carbocycles. The molecule has 3 rings (SSSR count). The van der Waals surface area contributed by atoms with E-state index in [-0.39, 0.29) is 0 Å². The maximum atomic E-state index is 7.15. The molecule has 0 bridgehead atoms. The first-order valence-corrected chi connectivity index (χ1v) is 4.56. The van der Waals surface area contributed by atoms with Crippen LogP contribution in [0.5, 0.6) is 5.75 Å². The van der Waals surface area contributed by atoms with Gasteiger partial charge in [0.05, 0.1) is 11.2 Å². The summed E-state index contributed by atoms with van der Waals surface area (Å²) in [5.74, 6) is 0.644. The van der Waals surface area contributed by atoms with Crippen LogP contribution in [0.25, 0.3) is 5.65 Å². The lowest BCUT2D eigenvalue weighted by Crippen LogP contribution is -1.99. The lowest BCUT2D eigenvalue weighted by atomic mass is 10.2. The third-order valence-corrected chi connectivity index (χ3v) is 2.45. The summed E-state index contributed by atoms with van der Waals surface area (Å²) in [6.07, 6.45) is 5.42. The standard InChI is InChI=1S/C10H11N3O/c1-14-8-6-9-11-4-5-13(9)12-10(8)7-2-3-7/h4-7H,2-3H2,1H3/i1D3. The van der Waals surface area contributed by atoms with Gasteiger partial charge in [-0.15, -0.1) is 0 Å². The summed E-state index contributed by atoms with van der Waals surface area (Å²) >= 11 is 0. The molecule has 2 heterocycles. The third-order valence-electron chi connectivity index (χ3n) is 2.45. The highest BCUT2D eigenvalue weighted by Crippen LogP contribution is 2.42. The quantitative estimate of drug-likeness (QED) is 0.725. The Labute approximate surface area is 85.7 Å². The predicted molar refractivity (Wildman–Crippen MR) is 51.5 cm³/mol. The molecule has 4 nitrogen and oxygen atoms in total. The molecule has 0 radical (unpaired) electrons. The number of rotatable bonds is 2. The van der Waals surface area contributed by atoms with Gasteiger partial charge < -0.3 is 4.74 Å². The van der Waals surface area contributed by atoms with Crippen molar-refractivity contribution in [2.75, 3.05) is 7.04 Å². The van der Waals surface area contributed by atoms with Crippen molar-refractivity contribution in [3.63, 3.8) is 0 Å². The first kappa shape index (κ1) is 5.34. The molecule has 0 unspecified atom stereocenters. The molecule has 1 aliphatic rings. The van der Waals surface area contributed by atoms with Gasteiger partial charge in [0.2, 0.25) is 0 Å². The highest BCUT2D eigenvalue weighted by atomic mass is 16.5. The molecule has 0 aliphatic heterocycles. The summed E-state index contributed by atoms with van der Waals surface area (Å²) in [5.41, 5.74) is 1.31. The van der Waals surface area contributed by atoms with E-state index in [2.05, 4.69) is 10.1 Å². The van der Waals surface area contributed by atoms with Crippen LogP contribution in [0.1, 0.15) is 28.6 Å². The average molecular weight is 192 g/mol. The van der Waals surface area contributed by atoms with Crippen molar-refractivity contribution < 1.29 is 8.85 Å². The Morgan fingerprint density at radius 1 is 1.64 bits per heavy atom. The Hall–Kier alpha value is -1.58. The fourth-order valence-corrected chi connectivity index (χ4v) is 1.57. The zero-order chi connectivity index (χ0) is 12.0. The maximum absolute atomic E-state index is 7.15. The van der Waals surface area contributed by atoms with Crippen molar-refractivity contribution in [3.05, 3.63) is 24.2 Å². The van der Waals surface area contributed by atoms with Gasteiger partial charge in [0.25, 0.3) is 0 Å². The van der Waals surface area contributed by atoms with Crippen LogP contribution in [0.3, 0.4) is 0 Å². The van der Waals surface area contributed by atoms with Gasteiger partial charge in [0.1, 0.15) is 11.4 Å². The number of imidazole rings is 1. The number of hydrogen-bond acceptors (Lipinski definition) is 3. The fraction of sp³-hybridized carbons (Fsp3) is 0.400. The second-order valence-corrected chi connectivity index (χ2v) is 3.50. The summed E-state index contributed by atoms with van der Waals surface area (Å²) < 4.78 is 28.1. The molecule has 2 aromatic heterocycles. The molecule has 1 saturated carbocycles. The summed E-state index contributed by atoms with van der Waals surface area (Å²) in [6.45, 7) is 0. The Balaban J connectivity index is 2.09. The molecular formula is C10H11N3O. The van der Waals surface area contributed by atoms with Crippen molar-refractivity contribution in [2.24, 2.45) is 0 Å². The molecule has 0 spiro atoms. The van der Waals surface area contributed by atoms with Crippen molar-refractivity contribution in [1.29, 1.82) is 0 Å². The molecule has 0 aromatic carbocycles. The maximum Gasteiger partial charge on any atom is 0.157 e. The van der Waals surface area contributed by atoms with E-state index in [0.29, 0.717) is 23.0 Å². The first-order valence-electron chi connectivity index (χ1n) is 6.06. The molecule has 72 valence electrons. The van der Waals surface area contributed by atoms with Gasteiger partial charge in [-0.25, -0.2) is 9.50 Å². The normalized spacial score (nSPS) is 20.1. The van der Waals surface area contributed by atoms with Gasteiger partial charge in [-0.3, -0.25) is 0 Å². The second-order valence-electron chi connectivity index (χ2n) is 3.50. The Morgan fingerprint density at radius 2 is 2.57 bits per heavy atom. The van der Waals surface area contributed by atoms with Crippen molar-refractivity contribution in [3.8, 4) is 5.75 Å². The largest absolute Gasteiger partial charge is 0.495 e. The smallest absolute Gasteiger partial charge is 0.157 e. The molecule has 1 fully saturated rings. The molecular weight excluding hydrogens is 178 g/mol. The lowest BCUT2D eigenvalue weighted by molar-refractivity contribution is 0.405. The van der Waals surface area contributed by atoms with E-state index >= 15 is 0 Å². The fourth-order valence-electron chi connectivity index (χ4n) is 1.57. The molecule has 4 heteroatoms.